The minimum Gasteiger partial charge on any atom is -0.482 e. The van der Waals surface area contributed by atoms with Gasteiger partial charge in [-0.2, -0.15) is 0 Å². The van der Waals surface area contributed by atoms with Gasteiger partial charge < -0.3 is 10.1 Å². The largest absolute Gasteiger partial charge is 0.482 e. The van der Waals surface area contributed by atoms with E-state index >= 15 is 0 Å². The molecule has 3 rings (SSSR count). The number of rotatable bonds is 4. The smallest absolute Gasteiger partial charge is 0.265 e. The monoisotopic (exact) mass is 424 g/mol. The van der Waals surface area contributed by atoms with Gasteiger partial charge in [0.1, 0.15) is 12.3 Å². The van der Waals surface area contributed by atoms with Crippen molar-refractivity contribution in [3.8, 4) is 5.75 Å². The van der Waals surface area contributed by atoms with Crippen LogP contribution in [0.4, 0.5) is 14.5 Å². The van der Waals surface area contributed by atoms with Gasteiger partial charge in [0, 0.05) is 4.47 Å². The number of fused-ring (bicyclic) bond motifs is 1. The molecule has 0 spiro atoms. The maximum absolute atomic E-state index is 13.3. The van der Waals surface area contributed by atoms with Gasteiger partial charge in [0.15, 0.2) is 18.2 Å². The SMILES string of the molecule is C[C@H](NC(=O)CN1C(=O)COc2cc(Br)ccc21)c1ccc(F)c(F)c1. The van der Waals surface area contributed by atoms with Crippen molar-refractivity contribution in [1.82, 2.24) is 5.32 Å². The maximum atomic E-state index is 13.3. The normalized spacial score (nSPS) is 14.5. The molecule has 5 nitrogen and oxygen atoms in total. The van der Waals surface area contributed by atoms with Crippen molar-refractivity contribution in [3.63, 3.8) is 0 Å². The van der Waals surface area contributed by atoms with Crippen molar-refractivity contribution < 1.29 is 23.1 Å². The van der Waals surface area contributed by atoms with Gasteiger partial charge in [-0.3, -0.25) is 14.5 Å². The lowest BCUT2D eigenvalue weighted by molar-refractivity contribution is -0.125. The first-order valence-corrected chi connectivity index (χ1v) is 8.61. The van der Waals surface area contributed by atoms with Crippen molar-refractivity contribution in [1.29, 1.82) is 0 Å². The molecular weight excluding hydrogens is 410 g/mol. The van der Waals surface area contributed by atoms with Crippen molar-refractivity contribution in [2.24, 2.45) is 0 Å². The fraction of sp³-hybridized carbons (Fsp3) is 0.222. The van der Waals surface area contributed by atoms with Crippen LogP contribution in [-0.2, 0) is 9.59 Å². The van der Waals surface area contributed by atoms with Crippen LogP contribution in [0.1, 0.15) is 18.5 Å². The molecule has 136 valence electrons. The van der Waals surface area contributed by atoms with Crippen LogP contribution in [0.15, 0.2) is 40.9 Å². The Balaban J connectivity index is 1.71. The minimum atomic E-state index is -0.980. The molecule has 0 fully saturated rings. The topological polar surface area (TPSA) is 58.6 Å². The number of anilines is 1. The van der Waals surface area contributed by atoms with Crippen LogP contribution in [0.25, 0.3) is 0 Å². The molecule has 1 heterocycles. The average Bonchev–Trinajstić information content (AvgIpc) is 2.59. The first kappa shape index (κ1) is 18.3. The molecule has 0 unspecified atom stereocenters. The third kappa shape index (κ3) is 3.85. The molecule has 2 aromatic rings. The third-order valence-electron chi connectivity index (χ3n) is 3.99. The Kier molecular flexibility index (Phi) is 5.22. The lowest BCUT2D eigenvalue weighted by atomic mass is 10.1. The fourth-order valence-electron chi connectivity index (χ4n) is 2.65. The second-order valence-electron chi connectivity index (χ2n) is 5.84. The molecule has 1 N–H and O–H groups in total. The molecular formula is C18H15BrF2N2O3. The van der Waals surface area contributed by atoms with Crippen molar-refractivity contribution >= 4 is 33.4 Å². The summed E-state index contributed by atoms with van der Waals surface area (Å²) in [7, 11) is 0. The van der Waals surface area contributed by atoms with E-state index in [-0.39, 0.29) is 19.1 Å². The molecule has 26 heavy (non-hydrogen) atoms. The Bertz CT molecular complexity index is 876. The van der Waals surface area contributed by atoms with Crippen LogP contribution >= 0.6 is 15.9 Å². The summed E-state index contributed by atoms with van der Waals surface area (Å²) in [5.74, 6) is -2.19. The Morgan fingerprint density at radius 2 is 2.04 bits per heavy atom. The van der Waals surface area contributed by atoms with Gasteiger partial charge in [-0.1, -0.05) is 22.0 Å². The van der Waals surface area contributed by atoms with Crippen molar-refractivity contribution in [3.05, 3.63) is 58.1 Å². The summed E-state index contributed by atoms with van der Waals surface area (Å²) >= 11 is 3.33. The summed E-state index contributed by atoms with van der Waals surface area (Å²) in [5.41, 5.74) is 0.926. The number of hydrogen-bond acceptors (Lipinski definition) is 3. The number of nitrogens with zero attached hydrogens (tertiary/aromatic N) is 1. The highest BCUT2D eigenvalue weighted by molar-refractivity contribution is 9.10. The molecule has 1 atom stereocenters. The van der Waals surface area contributed by atoms with E-state index in [4.69, 9.17) is 4.74 Å². The zero-order valence-corrected chi connectivity index (χ0v) is 15.3. The molecule has 2 amide bonds. The molecule has 1 aliphatic heterocycles. The van der Waals surface area contributed by atoms with Crippen LogP contribution < -0.4 is 15.0 Å². The summed E-state index contributed by atoms with van der Waals surface area (Å²) in [6.45, 7) is 1.29. The van der Waals surface area contributed by atoms with Gasteiger partial charge in [0.25, 0.3) is 5.91 Å². The molecule has 8 heteroatoms. The summed E-state index contributed by atoms with van der Waals surface area (Å²) in [6.07, 6.45) is 0. The number of carbonyl (C=O) groups excluding carboxylic acids is 2. The second-order valence-corrected chi connectivity index (χ2v) is 6.76. The molecule has 1 aliphatic rings. The van der Waals surface area contributed by atoms with Gasteiger partial charge in [-0.15, -0.1) is 0 Å². The number of carbonyl (C=O) groups is 2. The zero-order chi connectivity index (χ0) is 18.8. The number of nitrogens with one attached hydrogen (secondary N) is 1. The Morgan fingerprint density at radius 1 is 1.27 bits per heavy atom. The van der Waals surface area contributed by atoms with E-state index in [0.29, 0.717) is 17.0 Å². The molecule has 0 saturated heterocycles. The Hall–Kier alpha value is -2.48. The standard InChI is InChI=1S/C18H15BrF2N2O3/c1-10(11-2-4-13(20)14(21)6-11)22-17(24)8-23-15-5-3-12(19)7-16(15)26-9-18(23)25/h2-7,10H,8-9H2,1H3,(H,22,24)/t10-/m0/s1. The van der Waals surface area contributed by atoms with E-state index in [0.717, 1.165) is 16.6 Å². The highest BCUT2D eigenvalue weighted by atomic mass is 79.9. The quantitative estimate of drug-likeness (QED) is 0.818. The van der Waals surface area contributed by atoms with Crippen LogP contribution in [0, 0.1) is 11.6 Å². The van der Waals surface area contributed by atoms with Crippen molar-refractivity contribution in [2.75, 3.05) is 18.1 Å². The van der Waals surface area contributed by atoms with Crippen LogP contribution in [0.3, 0.4) is 0 Å². The van der Waals surface area contributed by atoms with Crippen molar-refractivity contribution in [2.45, 2.75) is 13.0 Å². The summed E-state index contributed by atoms with van der Waals surface area (Å²) in [6, 6.07) is 8.04. The summed E-state index contributed by atoms with van der Waals surface area (Å²) in [5, 5.41) is 2.68. The zero-order valence-electron chi connectivity index (χ0n) is 13.8. The number of halogens is 3. The summed E-state index contributed by atoms with van der Waals surface area (Å²) in [4.78, 5) is 25.8. The fourth-order valence-corrected chi connectivity index (χ4v) is 2.99. The molecule has 0 aromatic heterocycles. The van der Waals surface area contributed by atoms with Crippen LogP contribution in [0.5, 0.6) is 5.75 Å². The number of amides is 2. The second kappa shape index (κ2) is 7.41. The van der Waals surface area contributed by atoms with Gasteiger partial charge in [0.2, 0.25) is 5.91 Å². The lowest BCUT2D eigenvalue weighted by Gasteiger charge is -2.29. The summed E-state index contributed by atoms with van der Waals surface area (Å²) < 4.78 is 32.5. The first-order chi connectivity index (χ1) is 12.3. The Morgan fingerprint density at radius 3 is 2.77 bits per heavy atom. The van der Waals surface area contributed by atoms with Crippen LogP contribution in [0.2, 0.25) is 0 Å². The maximum Gasteiger partial charge on any atom is 0.265 e. The minimum absolute atomic E-state index is 0.157. The highest BCUT2D eigenvalue weighted by Crippen LogP contribution is 2.34. The molecule has 0 radical (unpaired) electrons. The molecule has 0 bridgehead atoms. The van der Waals surface area contributed by atoms with E-state index in [2.05, 4.69) is 21.2 Å². The lowest BCUT2D eigenvalue weighted by Crippen LogP contribution is -2.45. The number of benzene rings is 2. The van der Waals surface area contributed by atoms with Gasteiger partial charge in [0.05, 0.1) is 11.7 Å². The third-order valence-corrected chi connectivity index (χ3v) is 4.48. The van der Waals surface area contributed by atoms with E-state index in [1.165, 1.54) is 11.0 Å². The predicted octanol–water partition coefficient (Wildman–Crippen LogP) is 3.33. The first-order valence-electron chi connectivity index (χ1n) is 7.82. The number of hydrogen-bond donors (Lipinski definition) is 1. The van der Waals surface area contributed by atoms with Gasteiger partial charge >= 0.3 is 0 Å². The van der Waals surface area contributed by atoms with E-state index < -0.39 is 23.6 Å². The van der Waals surface area contributed by atoms with E-state index in [1.54, 1.807) is 25.1 Å². The van der Waals surface area contributed by atoms with E-state index in [9.17, 15) is 18.4 Å². The molecule has 0 saturated carbocycles. The highest BCUT2D eigenvalue weighted by Gasteiger charge is 2.27. The molecule has 2 aromatic carbocycles. The Labute approximate surface area is 157 Å². The molecule has 0 aliphatic carbocycles. The average molecular weight is 425 g/mol. The van der Waals surface area contributed by atoms with E-state index in [1.807, 2.05) is 0 Å². The van der Waals surface area contributed by atoms with Gasteiger partial charge in [-0.25, -0.2) is 8.78 Å². The number of ether oxygens (including phenoxy) is 1. The van der Waals surface area contributed by atoms with Gasteiger partial charge in [-0.05, 0) is 42.8 Å². The van der Waals surface area contributed by atoms with Crippen LogP contribution in [-0.4, -0.2) is 25.0 Å². The predicted molar refractivity (Wildman–Crippen MR) is 94.9 cm³/mol.